The molecule has 0 aliphatic carbocycles. The number of imidazole rings is 1. The first-order valence-corrected chi connectivity index (χ1v) is 7.93. The average molecular weight is 337 g/mol. The van der Waals surface area contributed by atoms with Crippen LogP contribution < -0.4 is 10.1 Å². The van der Waals surface area contributed by atoms with Crippen molar-refractivity contribution in [1.82, 2.24) is 15.3 Å². The predicted octanol–water partition coefficient (Wildman–Crippen LogP) is 2.45. The molecule has 0 aliphatic rings. The molecule has 3 rings (SSSR count). The van der Waals surface area contributed by atoms with Gasteiger partial charge in [0.2, 0.25) is 0 Å². The molecule has 0 saturated heterocycles. The molecule has 3 N–H and O–H groups in total. The van der Waals surface area contributed by atoms with Crippen LogP contribution in [0.4, 0.5) is 0 Å². The summed E-state index contributed by atoms with van der Waals surface area (Å²) in [6.07, 6.45) is 2.03. The molecule has 0 bridgehead atoms. The molecule has 25 heavy (non-hydrogen) atoms. The van der Waals surface area contributed by atoms with Gasteiger partial charge >= 0.3 is 0 Å². The van der Waals surface area contributed by atoms with Gasteiger partial charge in [0, 0.05) is 6.54 Å². The van der Waals surface area contributed by atoms with E-state index < -0.39 is 6.10 Å². The van der Waals surface area contributed by atoms with Crippen molar-refractivity contribution in [2.75, 3.05) is 6.54 Å². The number of nitrogens with one attached hydrogen (secondary N) is 2. The number of benzene rings is 2. The van der Waals surface area contributed by atoms with Gasteiger partial charge in [-0.3, -0.25) is 4.79 Å². The second-order valence-corrected chi connectivity index (χ2v) is 5.54. The van der Waals surface area contributed by atoms with Crippen molar-refractivity contribution >= 4 is 5.91 Å². The molecule has 0 aliphatic heterocycles. The Balaban J connectivity index is 1.55. The minimum absolute atomic E-state index is 0.0972. The summed E-state index contributed by atoms with van der Waals surface area (Å²) < 4.78 is 5.76. The number of H-pyrrole nitrogens is 1. The molecule has 0 saturated carbocycles. The topological polar surface area (TPSA) is 87.2 Å². The van der Waals surface area contributed by atoms with E-state index in [-0.39, 0.29) is 12.5 Å². The van der Waals surface area contributed by atoms with Gasteiger partial charge in [-0.05, 0) is 23.3 Å². The number of aliphatic hydroxyl groups excluding tert-OH is 1. The van der Waals surface area contributed by atoms with Gasteiger partial charge in [-0.1, -0.05) is 42.5 Å². The monoisotopic (exact) mass is 337 g/mol. The second-order valence-electron chi connectivity index (χ2n) is 5.54. The van der Waals surface area contributed by atoms with E-state index in [0.717, 1.165) is 5.56 Å². The molecular formula is C19H19N3O3. The van der Waals surface area contributed by atoms with E-state index in [2.05, 4.69) is 15.3 Å². The fraction of sp³-hybridized carbons (Fsp3) is 0.158. The number of carbonyl (C=O) groups is 1. The number of nitrogens with zero attached hydrogens (tertiary/aromatic N) is 1. The van der Waals surface area contributed by atoms with Crippen molar-refractivity contribution in [3.05, 3.63) is 83.9 Å². The van der Waals surface area contributed by atoms with Crippen molar-refractivity contribution in [2.45, 2.75) is 12.7 Å². The number of rotatable bonds is 7. The van der Waals surface area contributed by atoms with Crippen LogP contribution in [-0.4, -0.2) is 27.5 Å². The fourth-order valence-corrected chi connectivity index (χ4v) is 2.34. The summed E-state index contributed by atoms with van der Waals surface area (Å²) in [4.78, 5) is 18.4. The Labute approximate surface area is 145 Å². The lowest BCUT2D eigenvalue weighted by molar-refractivity contribution is 0.0912. The first-order valence-electron chi connectivity index (χ1n) is 7.93. The molecule has 1 amide bonds. The van der Waals surface area contributed by atoms with E-state index in [1.807, 2.05) is 42.5 Å². The maximum absolute atomic E-state index is 11.8. The number of aliphatic hydroxyl groups is 1. The van der Waals surface area contributed by atoms with Crippen molar-refractivity contribution in [3.63, 3.8) is 0 Å². The lowest BCUT2D eigenvalue weighted by atomic mass is 10.1. The Morgan fingerprint density at radius 3 is 2.80 bits per heavy atom. The number of hydrogen-bond donors (Lipinski definition) is 3. The smallest absolute Gasteiger partial charge is 0.269 e. The van der Waals surface area contributed by atoms with Crippen LogP contribution in [0.2, 0.25) is 0 Å². The number of carbonyl (C=O) groups excluding carboxylic acids is 1. The zero-order chi connectivity index (χ0) is 17.5. The molecule has 1 atom stereocenters. The van der Waals surface area contributed by atoms with Gasteiger partial charge in [0.05, 0.1) is 18.6 Å². The third-order valence-electron chi connectivity index (χ3n) is 3.69. The van der Waals surface area contributed by atoms with Crippen LogP contribution in [-0.2, 0) is 6.61 Å². The van der Waals surface area contributed by atoms with Gasteiger partial charge in [-0.25, -0.2) is 4.98 Å². The highest BCUT2D eigenvalue weighted by Crippen LogP contribution is 2.20. The van der Waals surface area contributed by atoms with E-state index in [1.165, 1.54) is 12.5 Å². The van der Waals surface area contributed by atoms with Crippen LogP contribution in [0.3, 0.4) is 0 Å². The molecule has 1 aromatic heterocycles. The van der Waals surface area contributed by atoms with Gasteiger partial charge < -0.3 is 20.1 Å². The quantitative estimate of drug-likeness (QED) is 0.618. The largest absolute Gasteiger partial charge is 0.489 e. The Morgan fingerprint density at radius 1 is 1.20 bits per heavy atom. The summed E-state index contributed by atoms with van der Waals surface area (Å²) in [5.41, 5.74) is 2.10. The molecule has 0 spiro atoms. The zero-order valence-electron chi connectivity index (χ0n) is 13.6. The second kappa shape index (κ2) is 8.12. The van der Waals surface area contributed by atoms with Crippen molar-refractivity contribution in [1.29, 1.82) is 0 Å². The summed E-state index contributed by atoms with van der Waals surface area (Å²) >= 11 is 0. The number of hydrogen-bond acceptors (Lipinski definition) is 4. The standard InChI is InChI=1S/C19H19N3O3/c23-18(11-21-19(24)17-10-20-13-22-17)15-7-4-8-16(9-15)25-12-14-5-2-1-3-6-14/h1-10,13,18,23H,11-12H2,(H,20,22)(H,21,24). The van der Waals surface area contributed by atoms with Crippen LogP contribution in [0.1, 0.15) is 27.7 Å². The van der Waals surface area contributed by atoms with Crippen LogP contribution in [0.25, 0.3) is 0 Å². The van der Waals surface area contributed by atoms with Gasteiger partial charge in [-0.2, -0.15) is 0 Å². The lowest BCUT2D eigenvalue weighted by Crippen LogP contribution is -2.28. The van der Waals surface area contributed by atoms with Gasteiger partial charge in [-0.15, -0.1) is 0 Å². The first kappa shape index (κ1) is 16.7. The Bertz CT molecular complexity index is 804. The first-order chi connectivity index (χ1) is 12.2. The maximum atomic E-state index is 11.8. The summed E-state index contributed by atoms with van der Waals surface area (Å²) in [5.74, 6) is 0.355. The highest BCUT2D eigenvalue weighted by molar-refractivity contribution is 5.91. The van der Waals surface area contributed by atoms with E-state index in [4.69, 9.17) is 4.74 Å². The molecule has 3 aromatic rings. The van der Waals surface area contributed by atoms with Gasteiger partial charge in [0.1, 0.15) is 18.1 Å². The molecule has 128 valence electrons. The van der Waals surface area contributed by atoms with Crippen LogP contribution in [0.5, 0.6) is 5.75 Å². The average Bonchev–Trinajstić information content (AvgIpc) is 3.20. The molecule has 2 aromatic carbocycles. The number of aromatic nitrogens is 2. The van der Waals surface area contributed by atoms with Crippen LogP contribution in [0.15, 0.2) is 67.1 Å². The van der Waals surface area contributed by atoms with Crippen LogP contribution >= 0.6 is 0 Å². The highest BCUT2D eigenvalue weighted by atomic mass is 16.5. The summed E-state index contributed by atoms with van der Waals surface area (Å²) in [7, 11) is 0. The normalized spacial score (nSPS) is 11.7. The van der Waals surface area contributed by atoms with Crippen molar-refractivity contribution in [3.8, 4) is 5.75 Å². The molecular weight excluding hydrogens is 318 g/mol. The minimum Gasteiger partial charge on any atom is -0.489 e. The van der Waals surface area contributed by atoms with Gasteiger partial charge in [0.25, 0.3) is 5.91 Å². The molecule has 6 nitrogen and oxygen atoms in total. The molecule has 6 heteroatoms. The predicted molar refractivity (Wildman–Crippen MR) is 93.1 cm³/mol. The van der Waals surface area contributed by atoms with E-state index in [1.54, 1.807) is 12.1 Å². The Morgan fingerprint density at radius 2 is 2.04 bits per heavy atom. The molecule has 0 radical (unpaired) electrons. The molecule has 1 unspecified atom stereocenters. The van der Waals surface area contributed by atoms with E-state index in [9.17, 15) is 9.90 Å². The third kappa shape index (κ3) is 4.68. The van der Waals surface area contributed by atoms with E-state index >= 15 is 0 Å². The Kier molecular flexibility index (Phi) is 5.43. The van der Waals surface area contributed by atoms with Crippen molar-refractivity contribution in [2.24, 2.45) is 0 Å². The number of amides is 1. The summed E-state index contributed by atoms with van der Waals surface area (Å²) in [6, 6.07) is 17.1. The van der Waals surface area contributed by atoms with E-state index in [0.29, 0.717) is 23.6 Å². The maximum Gasteiger partial charge on any atom is 0.269 e. The SMILES string of the molecule is O=C(NCC(O)c1cccc(OCc2ccccc2)c1)c1cnc[nH]1. The van der Waals surface area contributed by atoms with Crippen LogP contribution in [0, 0.1) is 0 Å². The van der Waals surface area contributed by atoms with Crippen molar-refractivity contribution < 1.29 is 14.6 Å². The highest BCUT2D eigenvalue weighted by Gasteiger charge is 2.12. The fourth-order valence-electron chi connectivity index (χ4n) is 2.34. The summed E-state index contributed by atoms with van der Waals surface area (Å²) in [5, 5.41) is 12.9. The lowest BCUT2D eigenvalue weighted by Gasteiger charge is -2.13. The Hall–Kier alpha value is -3.12. The zero-order valence-corrected chi connectivity index (χ0v) is 13.6. The minimum atomic E-state index is -0.827. The molecule has 0 fully saturated rings. The number of ether oxygens (including phenoxy) is 1. The third-order valence-corrected chi connectivity index (χ3v) is 3.69. The number of aromatic amines is 1. The van der Waals surface area contributed by atoms with Gasteiger partial charge in [0.15, 0.2) is 0 Å². The summed E-state index contributed by atoms with van der Waals surface area (Å²) in [6.45, 7) is 0.553. The molecule has 1 heterocycles.